The number of amides is 2. The maximum absolute atomic E-state index is 12.2. The van der Waals surface area contributed by atoms with Crippen molar-refractivity contribution in [3.05, 3.63) is 29.3 Å². The number of hydrogen-bond donors (Lipinski definition) is 1. The third-order valence-corrected chi connectivity index (χ3v) is 3.71. The van der Waals surface area contributed by atoms with Gasteiger partial charge in [0.2, 0.25) is 11.8 Å². The number of nitrogens with one attached hydrogen (secondary N) is 1. The number of aryl methyl sites for hydroxylation is 1. The summed E-state index contributed by atoms with van der Waals surface area (Å²) >= 11 is 0. The van der Waals surface area contributed by atoms with Crippen LogP contribution < -0.4 is 10.1 Å². The fourth-order valence-electron chi connectivity index (χ4n) is 2.59. The van der Waals surface area contributed by atoms with Crippen molar-refractivity contribution in [1.82, 2.24) is 15.1 Å². The summed E-state index contributed by atoms with van der Waals surface area (Å²) in [4.78, 5) is 27.1. The van der Waals surface area contributed by atoms with E-state index in [4.69, 9.17) is 4.74 Å². The highest BCUT2D eigenvalue weighted by Gasteiger charge is 2.21. The van der Waals surface area contributed by atoms with Crippen LogP contribution in [0.2, 0.25) is 0 Å². The predicted molar refractivity (Wildman–Crippen MR) is 83.7 cm³/mol. The van der Waals surface area contributed by atoms with Crippen LogP contribution in [0, 0.1) is 6.92 Å². The van der Waals surface area contributed by atoms with Gasteiger partial charge < -0.3 is 15.0 Å². The summed E-state index contributed by atoms with van der Waals surface area (Å²) in [6.45, 7) is 4.26. The monoisotopic (exact) mass is 305 g/mol. The Bertz CT molecular complexity index is 560. The molecule has 2 amide bonds. The molecule has 0 unspecified atom stereocenters. The van der Waals surface area contributed by atoms with Crippen LogP contribution in [0.15, 0.2) is 18.2 Å². The van der Waals surface area contributed by atoms with E-state index in [1.54, 1.807) is 12.0 Å². The molecule has 1 aromatic carbocycles. The molecule has 2 rings (SSSR count). The van der Waals surface area contributed by atoms with E-state index in [1.165, 1.54) is 0 Å². The van der Waals surface area contributed by atoms with E-state index in [2.05, 4.69) is 11.4 Å². The van der Waals surface area contributed by atoms with Crippen LogP contribution in [-0.2, 0) is 16.1 Å². The molecule has 1 saturated heterocycles. The molecule has 1 aromatic rings. The minimum Gasteiger partial charge on any atom is -0.496 e. The van der Waals surface area contributed by atoms with Gasteiger partial charge in [-0.1, -0.05) is 12.1 Å². The maximum atomic E-state index is 12.2. The van der Waals surface area contributed by atoms with Gasteiger partial charge in [0.15, 0.2) is 0 Å². The van der Waals surface area contributed by atoms with Crippen molar-refractivity contribution < 1.29 is 14.3 Å². The summed E-state index contributed by atoms with van der Waals surface area (Å²) in [6.07, 6.45) is 0. The van der Waals surface area contributed by atoms with Gasteiger partial charge in [-0.05, 0) is 31.2 Å². The Balaban J connectivity index is 1.89. The standard InChI is InChI=1S/C16H23N3O3/c1-12-8-13(4-5-14(12)22-3)9-18(2)11-16(21)19-7-6-17-15(20)10-19/h4-5,8H,6-7,9-11H2,1-3H3,(H,17,20). The zero-order valence-corrected chi connectivity index (χ0v) is 13.4. The lowest BCUT2D eigenvalue weighted by Crippen LogP contribution is -2.52. The number of piperazine rings is 1. The molecule has 0 atom stereocenters. The number of rotatable bonds is 5. The molecule has 1 aliphatic rings. The normalized spacial score (nSPS) is 14.9. The summed E-state index contributed by atoms with van der Waals surface area (Å²) in [5.41, 5.74) is 2.21. The van der Waals surface area contributed by atoms with E-state index < -0.39 is 0 Å². The van der Waals surface area contributed by atoms with E-state index in [-0.39, 0.29) is 18.4 Å². The maximum Gasteiger partial charge on any atom is 0.239 e. The quantitative estimate of drug-likeness (QED) is 0.855. The summed E-state index contributed by atoms with van der Waals surface area (Å²) in [5.74, 6) is 0.762. The molecule has 1 fully saturated rings. The first-order chi connectivity index (χ1) is 10.5. The summed E-state index contributed by atoms with van der Waals surface area (Å²) in [7, 11) is 3.56. The number of carbonyl (C=O) groups is 2. The number of likely N-dealkylation sites (N-methyl/N-ethyl adjacent to an activating group) is 1. The molecule has 0 radical (unpaired) electrons. The van der Waals surface area contributed by atoms with Crippen molar-refractivity contribution in [2.75, 3.05) is 40.3 Å². The van der Waals surface area contributed by atoms with Crippen LogP contribution in [-0.4, -0.2) is 62.0 Å². The molecule has 0 aromatic heterocycles. The summed E-state index contributed by atoms with van der Waals surface area (Å²) < 4.78 is 5.25. The van der Waals surface area contributed by atoms with Crippen LogP contribution in [0.5, 0.6) is 5.75 Å². The highest BCUT2D eigenvalue weighted by molar-refractivity contribution is 5.86. The number of methoxy groups -OCH3 is 1. The minimum absolute atomic E-state index is 0.0115. The van der Waals surface area contributed by atoms with Gasteiger partial charge in [-0.15, -0.1) is 0 Å². The summed E-state index contributed by atoms with van der Waals surface area (Å²) in [6, 6.07) is 6.00. The van der Waals surface area contributed by atoms with Crippen LogP contribution in [0.25, 0.3) is 0 Å². The van der Waals surface area contributed by atoms with E-state index in [1.807, 2.05) is 31.0 Å². The van der Waals surface area contributed by atoms with E-state index in [0.29, 0.717) is 26.2 Å². The molecule has 0 spiro atoms. The molecule has 6 nitrogen and oxygen atoms in total. The Morgan fingerprint density at radius 1 is 1.45 bits per heavy atom. The highest BCUT2D eigenvalue weighted by atomic mass is 16.5. The lowest BCUT2D eigenvalue weighted by atomic mass is 10.1. The van der Waals surface area contributed by atoms with Gasteiger partial charge in [-0.2, -0.15) is 0 Å². The Morgan fingerprint density at radius 3 is 2.86 bits per heavy atom. The molecule has 0 bridgehead atoms. The zero-order chi connectivity index (χ0) is 16.1. The van der Waals surface area contributed by atoms with Gasteiger partial charge in [0.25, 0.3) is 0 Å². The van der Waals surface area contributed by atoms with E-state index in [9.17, 15) is 9.59 Å². The number of nitrogens with zero attached hydrogens (tertiary/aromatic N) is 2. The average Bonchev–Trinajstić information content (AvgIpc) is 2.47. The molecule has 1 N–H and O–H groups in total. The lowest BCUT2D eigenvalue weighted by Gasteiger charge is -2.28. The first kappa shape index (κ1) is 16.3. The lowest BCUT2D eigenvalue weighted by molar-refractivity contribution is -0.138. The molecule has 6 heteroatoms. The molecule has 120 valence electrons. The molecule has 0 saturated carbocycles. The largest absolute Gasteiger partial charge is 0.496 e. The van der Waals surface area contributed by atoms with Gasteiger partial charge in [0.1, 0.15) is 5.75 Å². The molecule has 22 heavy (non-hydrogen) atoms. The second-order valence-electron chi connectivity index (χ2n) is 5.64. The van der Waals surface area contributed by atoms with Crippen molar-refractivity contribution >= 4 is 11.8 Å². The summed E-state index contributed by atoms with van der Waals surface area (Å²) in [5, 5.41) is 2.72. The molecular weight excluding hydrogens is 282 g/mol. The average molecular weight is 305 g/mol. The van der Waals surface area contributed by atoms with E-state index >= 15 is 0 Å². The van der Waals surface area contributed by atoms with Crippen molar-refractivity contribution in [3.63, 3.8) is 0 Å². The number of carbonyl (C=O) groups excluding carboxylic acids is 2. The number of benzene rings is 1. The fourth-order valence-corrected chi connectivity index (χ4v) is 2.59. The highest BCUT2D eigenvalue weighted by Crippen LogP contribution is 2.19. The van der Waals surface area contributed by atoms with Crippen LogP contribution in [0.3, 0.4) is 0 Å². The third-order valence-electron chi connectivity index (χ3n) is 3.71. The molecule has 1 aliphatic heterocycles. The zero-order valence-electron chi connectivity index (χ0n) is 13.4. The Labute approximate surface area is 131 Å². The third kappa shape index (κ3) is 4.21. The van der Waals surface area contributed by atoms with Crippen LogP contribution in [0.4, 0.5) is 0 Å². The topological polar surface area (TPSA) is 61.9 Å². The smallest absolute Gasteiger partial charge is 0.239 e. The van der Waals surface area contributed by atoms with Crippen molar-refractivity contribution in [3.8, 4) is 5.75 Å². The molecule has 0 aliphatic carbocycles. The second-order valence-corrected chi connectivity index (χ2v) is 5.64. The molecular formula is C16H23N3O3. The Kier molecular flexibility index (Phi) is 5.38. The second kappa shape index (κ2) is 7.26. The van der Waals surface area contributed by atoms with Gasteiger partial charge in [-0.25, -0.2) is 0 Å². The van der Waals surface area contributed by atoms with Crippen LogP contribution in [0.1, 0.15) is 11.1 Å². The van der Waals surface area contributed by atoms with Gasteiger partial charge >= 0.3 is 0 Å². The first-order valence-corrected chi connectivity index (χ1v) is 7.36. The SMILES string of the molecule is COc1ccc(CN(C)CC(=O)N2CCNC(=O)C2)cc1C. The van der Waals surface area contributed by atoms with Gasteiger partial charge in [0.05, 0.1) is 20.2 Å². The van der Waals surface area contributed by atoms with E-state index in [0.717, 1.165) is 16.9 Å². The van der Waals surface area contributed by atoms with Crippen molar-refractivity contribution in [2.24, 2.45) is 0 Å². The van der Waals surface area contributed by atoms with Crippen LogP contribution >= 0.6 is 0 Å². The van der Waals surface area contributed by atoms with Gasteiger partial charge in [-0.3, -0.25) is 14.5 Å². The number of ether oxygens (including phenoxy) is 1. The molecule has 1 heterocycles. The minimum atomic E-state index is -0.0898. The predicted octanol–water partition coefficient (Wildman–Crippen LogP) is 0.394. The van der Waals surface area contributed by atoms with Crippen molar-refractivity contribution in [1.29, 1.82) is 0 Å². The Hall–Kier alpha value is -2.08. The Morgan fingerprint density at radius 2 is 2.23 bits per heavy atom. The van der Waals surface area contributed by atoms with Crippen molar-refractivity contribution in [2.45, 2.75) is 13.5 Å². The number of hydrogen-bond acceptors (Lipinski definition) is 4. The van der Waals surface area contributed by atoms with Gasteiger partial charge in [0, 0.05) is 19.6 Å². The first-order valence-electron chi connectivity index (χ1n) is 7.36. The fraction of sp³-hybridized carbons (Fsp3) is 0.500.